The van der Waals surface area contributed by atoms with Crippen LogP contribution in [-0.2, 0) is 0 Å². The molecule has 0 saturated carbocycles. The minimum absolute atomic E-state index is 0.511. The lowest BCUT2D eigenvalue weighted by Gasteiger charge is -1.93. The van der Waals surface area contributed by atoms with Crippen LogP contribution in [0.3, 0.4) is 0 Å². The van der Waals surface area contributed by atoms with Gasteiger partial charge in [0.25, 0.3) is 0 Å². The van der Waals surface area contributed by atoms with E-state index >= 15 is 0 Å². The Morgan fingerprint density at radius 3 is 2.75 bits per heavy atom. The zero-order valence-electron chi connectivity index (χ0n) is 7.87. The zero-order chi connectivity index (χ0) is 11.1. The lowest BCUT2D eigenvalue weighted by atomic mass is 10.3. The van der Waals surface area contributed by atoms with Crippen LogP contribution in [0.2, 0.25) is 10.0 Å². The molecule has 0 atom stereocenters. The van der Waals surface area contributed by atoms with Gasteiger partial charge in [-0.3, -0.25) is 4.98 Å². The van der Waals surface area contributed by atoms with E-state index in [2.05, 4.69) is 15.0 Å². The summed E-state index contributed by atoms with van der Waals surface area (Å²) in [6.45, 7) is 0. The van der Waals surface area contributed by atoms with Gasteiger partial charge in [-0.05, 0) is 12.1 Å². The normalized spacial score (nSPS) is 11.1. The monoisotopic (exact) mass is 269 g/mol. The number of hydrogen-bond acceptors (Lipinski definition) is 3. The van der Waals surface area contributed by atoms with E-state index in [1.807, 2.05) is 0 Å². The van der Waals surface area contributed by atoms with Gasteiger partial charge < -0.3 is 4.98 Å². The molecular formula is C10H5Cl2N3S. The minimum Gasteiger partial charge on any atom is -0.337 e. The number of hydrogen-bond donors (Lipinski definition) is 1. The molecule has 3 aromatic rings. The number of nitrogens with one attached hydrogen (secondary N) is 1. The highest BCUT2D eigenvalue weighted by atomic mass is 35.5. The Balaban J connectivity index is 2.23. The number of rotatable bonds is 1. The molecule has 1 aromatic carbocycles. The summed E-state index contributed by atoms with van der Waals surface area (Å²) in [5, 5.41) is 1.03. The second-order valence-corrected chi connectivity index (χ2v) is 4.94. The highest BCUT2D eigenvalue weighted by molar-refractivity contribution is 7.13. The SMILES string of the molecule is Clc1cc2nc(-c3cncs3)[nH]c2cc1Cl. The van der Waals surface area contributed by atoms with E-state index in [1.165, 1.54) is 11.3 Å². The zero-order valence-corrected chi connectivity index (χ0v) is 10.2. The van der Waals surface area contributed by atoms with Crippen LogP contribution < -0.4 is 0 Å². The number of imidazole rings is 1. The molecule has 3 rings (SSSR count). The Kier molecular flexibility index (Phi) is 2.35. The highest BCUT2D eigenvalue weighted by Gasteiger charge is 2.08. The van der Waals surface area contributed by atoms with Crippen LogP contribution in [0.25, 0.3) is 21.7 Å². The van der Waals surface area contributed by atoms with Crippen LogP contribution >= 0.6 is 34.5 Å². The standard InChI is InChI=1S/C10H5Cl2N3S/c11-5-1-7-8(2-6(5)12)15-10(14-7)9-3-13-4-16-9/h1-4H,(H,14,15). The molecule has 0 radical (unpaired) electrons. The average Bonchev–Trinajstić information content (AvgIpc) is 2.86. The molecule has 0 amide bonds. The molecule has 0 aliphatic carbocycles. The van der Waals surface area contributed by atoms with Crippen molar-refractivity contribution in [1.29, 1.82) is 0 Å². The second kappa shape index (κ2) is 3.73. The average molecular weight is 270 g/mol. The van der Waals surface area contributed by atoms with Crippen LogP contribution in [0.5, 0.6) is 0 Å². The van der Waals surface area contributed by atoms with Crippen molar-refractivity contribution in [3.63, 3.8) is 0 Å². The first-order valence-corrected chi connectivity index (χ1v) is 6.11. The van der Waals surface area contributed by atoms with Gasteiger partial charge in [-0.15, -0.1) is 11.3 Å². The topological polar surface area (TPSA) is 41.6 Å². The molecule has 16 heavy (non-hydrogen) atoms. The maximum atomic E-state index is 5.93. The van der Waals surface area contributed by atoms with E-state index in [0.717, 1.165) is 21.7 Å². The number of H-pyrrole nitrogens is 1. The fourth-order valence-electron chi connectivity index (χ4n) is 1.45. The third-order valence-electron chi connectivity index (χ3n) is 2.19. The van der Waals surface area contributed by atoms with Crippen molar-refractivity contribution in [2.24, 2.45) is 0 Å². The second-order valence-electron chi connectivity index (χ2n) is 3.23. The van der Waals surface area contributed by atoms with Gasteiger partial charge in [-0.2, -0.15) is 0 Å². The van der Waals surface area contributed by atoms with Crippen LogP contribution in [0.1, 0.15) is 0 Å². The number of halogens is 2. The van der Waals surface area contributed by atoms with Gasteiger partial charge in [0.15, 0.2) is 0 Å². The Labute approximate surface area is 105 Å². The number of fused-ring (bicyclic) bond motifs is 1. The number of nitrogens with zero attached hydrogens (tertiary/aromatic N) is 2. The van der Waals surface area contributed by atoms with Crippen LogP contribution in [0, 0.1) is 0 Å². The van der Waals surface area contributed by atoms with Crippen molar-refractivity contribution < 1.29 is 0 Å². The summed E-state index contributed by atoms with van der Waals surface area (Å²) in [4.78, 5) is 12.6. The molecule has 2 aromatic heterocycles. The molecule has 2 heterocycles. The predicted molar refractivity (Wildman–Crippen MR) is 67.2 cm³/mol. The fraction of sp³-hybridized carbons (Fsp3) is 0. The van der Waals surface area contributed by atoms with E-state index in [4.69, 9.17) is 23.2 Å². The Hall–Kier alpha value is -1.10. The van der Waals surface area contributed by atoms with E-state index in [1.54, 1.807) is 23.8 Å². The first kappa shape index (κ1) is 10.1. The molecule has 0 aliphatic heterocycles. The third-order valence-corrected chi connectivity index (χ3v) is 3.69. The molecule has 6 heteroatoms. The van der Waals surface area contributed by atoms with Crippen molar-refractivity contribution in [1.82, 2.24) is 15.0 Å². The quantitative estimate of drug-likeness (QED) is 0.726. The lowest BCUT2D eigenvalue weighted by molar-refractivity contribution is 1.34. The lowest BCUT2D eigenvalue weighted by Crippen LogP contribution is -1.72. The van der Waals surface area contributed by atoms with E-state index in [-0.39, 0.29) is 0 Å². The summed E-state index contributed by atoms with van der Waals surface area (Å²) in [5.41, 5.74) is 3.44. The number of aromatic amines is 1. The van der Waals surface area contributed by atoms with Gasteiger partial charge in [0, 0.05) is 6.20 Å². The fourth-order valence-corrected chi connectivity index (χ4v) is 2.34. The molecule has 3 nitrogen and oxygen atoms in total. The number of thiazole rings is 1. The Morgan fingerprint density at radius 2 is 2.00 bits per heavy atom. The predicted octanol–water partition coefficient (Wildman–Crippen LogP) is 3.99. The van der Waals surface area contributed by atoms with Crippen LogP contribution in [0.4, 0.5) is 0 Å². The number of aromatic nitrogens is 3. The number of benzene rings is 1. The highest BCUT2D eigenvalue weighted by Crippen LogP contribution is 2.29. The minimum atomic E-state index is 0.511. The van der Waals surface area contributed by atoms with Crippen LogP contribution in [-0.4, -0.2) is 15.0 Å². The summed E-state index contributed by atoms with van der Waals surface area (Å²) in [7, 11) is 0. The largest absolute Gasteiger partial charge is 0.337 e. The maximum absolute atomic E-state index is 5.93. The van der Waals surface area contributed by atoms with Crippen molar-refractivity contribution in [2.45, 2.75) is 0 Å². The van der Waals surface area contributed by atoms with Gasteiger partial charge in [-0.1, -0.05) is 23.2 Å². The molecule has 0 spiro atoms. The molecule has 0 aliphatic rings. The summed E-state index contributed by atoms with van der Waals surface area (Å²) in [5.74, 6) is 0.788. The molecule has 0 bridgehead atoms. The van der Waals surface area contributed by atoms with E-state index < -0.39 is 0 Å². The van der Waals surface area contributed by atoms with Crippen LogP contribution in [0.15, 0.2) is 23.8 Å². The van der Waals surface area contributed by atoms with Gasteiger partial charge in [0.2, 0.25) is 0 Å². The van der Waals surface area contributed by atoms with Gasteiger partial charge >= 0.3 is 0 Å². The summed E-state index contributed by atoms with van der Waals surface area (Å²) in [6.07, 6.45) is 1.77. The van der Waals surface area contributed by atoms with Crippen molar-refractivity contribution in [3.8, 4) is 10.7 Å². The molecule has 0 saturated heterocycles. The molecule has 80 valence electrons. The summed E-state index contributed by atoms with van der Waals surface area (Å²) >= 11 is 13.4. The molecule has 0 fully saturated rings. The van der Waals surface area contributed by atoms with Gasteiger partial charge in [0.1, 0.15) is 5.82 Å². The Morgan fingerprint density at radius 1 is 1.19 bits per heavy atom. The first-order valence-electron chi connectivity index (χ1n) is 4.47. The van der Waals surface area contributed by atoms with Crippen molar-refractivity contribution in [2.75, 3.05) is 0 Å². The smallest absolute Gasteiger partial charge is 0.150 e. The molecular weight excluding hydrogens is 265 g/mol. The maximum Gasteiger partial charge on any atom is 0.150 e. The summed E-state index contributed by atoms with van der Waals surface area (Å²) in [6, 6.07) is 3.52. The van der Waals surface area contributed by atoms with Crippen molar-refractivity contribution in [3.05, 3.63) is 33.9 Å². The molecule has 0 unspecified atom stereocenters. The van der Waals surface area contributed by atoms with E-state index in [9.17, 15) is 0 Å². The van der Waals surface area contributed by atoms with Gasteiger partial charge in [0.05, 0.1) is 31.5 Å². The van der Waals surface area contributed by atoms with E-state index in [0.29, 0.717) is 10.0 Å². The van der Waals surface area contributed by atoms with Gasteiger partial charge in [-0.25, -0.2) is 4.98 Å². The Bertz CT molecular complexity index is 606. The molecule has 1 N–H and O–H groups in total. The summed E-state index contributed by atoms with van der Waals surface area (Å²) < 4.78 is 0. The third kappa shape index (κ3) is 1.59. The van der Waals surface area contributed by atoms with Crippen molar-refractivity contribution >= 4 is 45.6 Å². The first-order chi connectivity index (χ1) is 7.74.